The molecule has 0 saturated heterocycles. The van der Waals surface area contributed by atoms with Gasteiger partial charge in [-0.15, -0.1) is 12.4 Å². The Morgan fingerprint density at radius 3 is 2.29 bits per heavy atom. The molecule has 0 bridgehead atoms. The first-order chi connectivity index (χ1) is 7.67. The first-order valence-corrected chi connectivity index (χ1v) is 6.13. The Hall–Kier alpha value is -0.450. The number of halogens is 2. The van der Waals surface area contributed by atoms with Gasteiger partial charge >= 0.3 is 0 Å². The summed E-state index contributed by atoms with van der Waals surface area (Å²) < 4.78 is 11.5. The molecule has 96 valence electrons. The van der Waals surface area contributed by atoms with Gasteiger partial charge in [0.2, 0.25) is 0 Å². The van der Waals surface area contributed by atoms with Crippen molar-refractivity contribution in [2.24, 2.45) is 11.7 Å². The summed E-state index contributed by atoms with van der Waals surface area (Å²) in [6.45, 7) is 0. The first kappa shape index (κ1) is 14.6. The van der Waals surface area contributed by atoms with Crippen LogP contribution < -0.4 is 15.2 Å². The van der Waals surface area contributed by atoms with Crippen LogP contribution >= 0.6 is 28.3 Å². The van der Waals surface area contributed by atoms with Crippen molar-refractivity contribution < 1.29 is 9.47 Å². The number of ether oxygens (including phenoxy) is 2. The molecule has 0 amide bonds. The highest BCUT2D eigenvalue weighted by Gasteiger charge is 2.31. The van der Waals surface area contributed by atoms with Crippen LogP contribution in [0.1, 0.15) is 24.4 Å². The maximum atomic E-state index is 6.20. The van der Waals surface area contributed by atoms with Crippen molar-refractivity contribution in [3.8, 4) is 11.5 Å². The molecule has 0 spiro atoms. The zero-order chi connectivity index (χ0) is 11.7. The van der Waals surface area contributed by atoms with Crippen molar-refractivity contribution in [1.82, 2.24) is 0 Å². The van der Waals surface area contributed by atoms with E-state index in [0.29, 0.717) is 5.92 Å². The number of nitrogens with two attached hydrogens (primary N) is 1. The second-order valence-electron chi connectivity index (χ2n) is 4.09. The Morgan fingerprint density at radius 2 is 1.82 bits per heavy atom. The highest BCUT2D eigenvalue weighted by Crippen LogP contribution is 2.44. The summed E-state index contributed by atoms with van der Waals surface area (Å²) >= 11 is 3.44. The van der Waals surface area contributed by atoms with Gasteiger partial charge in [-0.1, -0.05) is 0 Å². The van der Waals surface area contributed by atoms with Gasteiger partial charge in [-0.05, 0) is 46.8 Å². The molecule has 0 radical (unpaired) electrons. The molecule has 0 unspecified atom stereocenters. The van der Waals surface area contributed by atoms with E-state index in [1.165, 1.54) is 12.8 Å². The lowest BCUT2D eigenvalue weighted by molar-refractivity contribution is 0.391. The molecule has 2 rings (SSSR count). The zero-order valence-electron chi connectivity index (χ0n) is 9.90. The van der Waals surface area contributed by atoms with Gasteiger partial charge in [-0.25, -0.2) is 0 Å². The van der Waals surface area contributed by atoms with Gasteiger partial charge in [0.25, 0.3) is 0 Å². The molecule has 0 aromatic heterocycles. The minimum Gasteiger partial charge on any atom is -0.496 e. The average molecular weight is 323 g/mol. The smallest absolute Gasteiger partial charge is 0.133 e. The van der Waals surface area contributed by atoms with Crippen molar-refractivity contribution >= 4 is 28.3 Å². The third-order valence-electron chi connectivity index (χ3n) is 2.99. The van der Waals surface area contributed by atoms with E-state index in [9.17, 15) is 0 Å². The molecular formula is C12H17BrClNO2. The average Bonchev–Trinajstić information content (AvgIpc) is 3.11. The predicted octanol–water partition coefficient (Wildman–Crippen LogP) is 3.30. The zero-order valence-corrected chi connectivity index (χ0v) is 12.3. The van der Waals surface area contributed by atoms with Crippen molar-refractivity contribution in [3.63, 3.8) is 0 Å². The number of hydrogen-bond donors (Lipinski definition) is 1. The van der Waals surface area contributed by atoms with E-state index in [1.54, 1.807) is 14.2 Å². The molecule has 3 nitrogen and oxygen atoms in total. The van der Waals surface area contributed by atoms with Gasteiger partial charge in [0.1, 0.15) is 11.5 Å². The standard InChI is InChI=1S/C12H16BrNO2.ClH/c1-15-10-6-9(13)11(16-2)5-8(10)12(14)7-3-4-7;/h5-7,12H,3-4,14H2,1-2H3;1H/t12-;/m0./s1. The van der Waals surface area contributed by atoms with E-state index in [0.717, 1.165) is 21.5 Å². The molecule has 5 heteroatoms. The van der Waals surface area contributed by atoms with Gasteiger partial charge in [0.15, 0.2) is 0 Å². The Bertz CT molecular complexity index is 396. The van der Waals surface area contributed by atoms with Crippen molar-refractivity contribution in [2.45, 2.75) is 18.9 Å². The summed E-state index contributed by atoms with van der Waals surface area (Å²) in [6, 6.07) is 3.93. The van der Waals surface area contributed by atoms with Crippen LogP contribution in [0, 0.1) is 5.92 Å². The maximum absolute atomic E-state index is 6.20. The van der Waals surface area contributed by atoms with Gasteiger partial charge in [0, 0.05) is 11.6 Å². The number of hydrogen-bond acceptors (Lipinski definition) is 3. The van der Waals surface area contributed by atoms with Crippen LogP contribution in [0.5, 0.6) is 11.5 Å². The number of methoxy groups -OCH3 is 2. The summed E-state index contributed by atoms with van der Waals surface area (Å²) in [6.07, 6.45) is 2.42. The van der Waals surface area contributed by atoms with Crippen LogP contribution in [-0.4, -0.2) is 14.2 Å². The second kappa shape index (κ2) is 5.94. The molecule has 0 heterocycles. The third-order valence-corrected chi connectivity index (χ3v) is 3.61. The van der Waals surface area contributed by atoms with Gasteiger partial charge in [-0.2, -0.15) is 0 Å². The number of benzene rings is 1. The van der Waals surface area contributed by atoms with Crippen molar-refractivity contribution in [2.75, 3.05) is 14.2 Å². The molecule has 0 aliphatic heterocycles. The van der Waals surface area contributed by atoms with Crippen LogP contribution in [0.4, 0.5) is 0 Å². The van der Waals surface area contributed by atoms with Gasteiger partial charge < -0.3 is 15.2 Å². The minimum absolute atomic E-state index is 0. The molecular weight excluding hydrogens is 305 g/mol. The third kappa shape index (κ3) is 3.06. The quantitative estimate of drug-likeness (QED) is 0.925. The summed E-state index contributed by atoms with van der Waals surface area (Å²) in [4.78, 5) is 0. The SMILES string of the molecule is COc1cc([C@@H](N)C2CC2)c(OC)cc1Br.Cl. The van der Waals surface area contributed by atoms with Crippen molar-refractivity contribution in [3.05, 3.63) is 22.2 Å². The van der Waals surface area contributed by atoms with E-state index >= 15 is 0 Å². The number of rotatable bonds is 4. The Balaban J connectivity index is 0.00000144. The fourth-order valence-corrected chi connectivity index (χ4v) is 2.34. The van der Waals surface area contributed by atoms with E-state index in [4.69, 9.17) is 15.2 Å². The van der Waals surface area contributed by atoms with Crippen molar-refractivity contribution in [1.29, 1.82) is 0 Å². The monoisotopic (exact) mass is 321 g/mol. The molecule has 1 fully saturated rings. The first-order valence-electron chi connectivity index (χ1n) is 5.34. The Kier molecular flexibility index (Phi) is 5.10. The summed E-state index contributed by atoms with van der Waals surface area (Å²) in [5, 5.41) is 0. The fourth-order valence-electron chi connectivity index (χ4n) is 1.85. The lowest BCUT2D eigenvalue weighted by atomic mass is 10.0. The normalized spacial score (nSPS) is 16.0. The van der Waals surface area contributed by atoms with Gasteiger partial charge in [-0.3, -0.25) is 0 Å². The van der Waals surface area contributed by atoms with Crippen LogP contribution in [0.25, 0.3) is 0 Å². The molecule has 1 aliphatic carbocycles. The van der Waals surface area contributed by atoms with E-state index in [-0.39, 0.29) is 18.4 Å². The molecule has 17 heavy (non-hydrogen) atoms. The topological polar surface area (TPSA) is 44.5 Å². The highest BCUT2D eigenvalue weighted by atomic mass is 79.9. The van der Waals surface area contributed by atoms with E-state index in [2.05, 4.69) is 15.9 Å². The summed E-state index contributed by atoms with van der Waals surface area (Å²) in [5.41, 5.74) is 7.23. The molecule has 1 atom stereocenters. The molecule has 1 aromatic rings. The largest absolute Gasteiger partial charge is 0.496 e. The van der Waals surface area contributed by atoms with Gasteiger partial charge in [0.05, 0.1) is 18.7 Å². The molecule has 2 N–H and O–H groups in total. The minimum atomic E-state index is 0. The van der Waals surface area contributed by atoms with E-state index in [1.807, 2.05) is 12.1 Å². The van der Waals surface area contributed by atoms with Crippen LogP contribution in [0.15, 0.2) is 16.6 Å². The lowest BCUT2D eigenvalue weighted by Gasteiger charge is -2.17. The Labute approximate surface area is 116 Å². The van der Waals surface area contributed by atoms with Crippen LogP contribution in [0.2, 0.25) is 0 Å². The summed E-state index contributed by atoms with van der Waals surface area (Å²) in [5.74, 6) is 2.22. The molecule has 1 saturated carbocycles. The molecule has 1 aliphatic rings. The van der Waals surface area contributed by atoms with Crippen LogP contribution in [-0.2, 0) is 0 Å². The molecule has 1 aromatic carbocycles. The van der Waals surface area contributed by atoms with Crippen LogP contribution in [0.3, 0.4) is 0 Å². The summed E-state index contributed by atoms with van der Waals surface area (Å²) in [7, 11) is 3.32. The highest BCUT2D eigenvalue weighted by molar-refractivity contribution is 9.10. The Morgan fingerprint density at radius 1 is 1.24 bits per heavy atom. The second-order valence-corrected chi connectivity index (χ2v) is 4.95. The lowest BCUT2D eigenvalue weighted by Crippen LogP contribution is -2.13. The fraction of sp³-hybridized carbons (Fsp3) is 0.500. The van der Waals surface area contributed by atoms with E-state index < -0.39 is 0 Å². The maximum Gasteiger partial charge on any atom is 0.133 e. The predicted molar refractivity (Wildman–Crippen MR) is 74.1 cm³/mol.